The molecule has 0 aliphatic heterocycles. The fraction of sp³-hybridized carbons (Fsp3) is 0.400. The SMILES string of the molecule is COc1ncccc1C1CC1C(=O)O. The molecule has 14 heavy (non-hydrogen) atoms. The van der Waals surface area contributed by atoms with Gasteiger partial charge in [0.25, 0.3) is 0 Å². The lowest BCUT2D eigenvalue weighted by Crippen LogP contribution is -2.00. The van der Waals surface area contributed by atoms with Crippen LogP contribution in [0.25, 0.3) is 0 Å². The number of ether oxygens (including phenoxy) is 1. The molecule has 0 bridgehead atoms. The molecule has 2 atom stereocenters. The summed E-state index contributed by atoms with van der Waals surface area (Å²) in [5.74, 6) is -0.369. The molecule has 74 valence electrons. The van der Waals surface area contributed by atoms with Crippen molar-refractivity contribution in [3.63, 3.8) is 0 Å². The highest BCUT2D eigenvalue weighted by Crippen LogP contribution is 2.49. The van der Waals surface area contributed by atoms with Crippen molar-refractivity contribution in [2.75, 3.05) is 7.11 Å². The maximum absolute atomic E-state index is 10.7. The fourth-order valence-corrected chi connectivity index (χ4v) is 1.67. The molecule has 1 fully saturated rings. The predicted molar refractivity (Wildman–Crippen MR) is 49.3 cm³/mol. The molecule has 1 N–H and O–H groups in total. The van der Waals surface area contributed by atoms with E-state index in [4.69, 9.17) is 9.84 Å². The molecule has 0 radical (unpaired) electrons. The minimum absolute atomic E-state index is 0.0798. The van der Waals surface area contributed by atoms with Crippen LogP contribution in [0.15, 0.2) is 18.3 Å². The van der Waals surface area contributed by atoms with Crippen molar-refractivity contribution in [3.05, 3.63) is 23.9 Å². The van der Waals surface area contributed by atoms with Gasteiger partial charge in [-0.2, -0.15) is 0 Å². The van der Waals surface area contributed by atoms with Crippen LogP contribution < -0.4 is 4.74 Å². The second-order valence-electron chi connectivity index (χ2n) is 3.39. The molecule has 0 saturated heterocycles. The van der Waals surface area contributed by atoms with Gasteiger partial charge in [0.15, 0.2) is 0 Å². The van der Waals surface area contributed by atoms with E-state index in [1.807, 2.05) is 6.07 Å². The number of pyridine rings is 1. The summed E-state index contributed by atoms with van der Waals surface area (Å²) in [5.41, 5.74) is 0.905. The Morgan fingerprint density at radius 1 is 1.71 bits per heavy atom. The first-order chi connectivity index (χ1) is 6.74. The van der Waals surface area contributed by atoms with E-state index in [0.29, 0.717) is 12.3 Å². The lowest BCUT2D eigenvalue weighted by molar-refractivity contribution is -0.138. The van der Waals surface area contributed by atoms with E-state index in [0.717, 1.165) is 5.56 Å². The number of hydrogen-bond donors (Lipinski definition) is 1. The molecule has 2 unspecified atom stereocenters. The quantitative estimate of drug-likeness (QED) is 0.785. The summed E-state index contributed by atoms with van der Waals surface area (Å²) >= 11 is 0. The molecule has 1 saturated carbocycles. The number of hydrogen-bond acceptors (Lipinski definition) is 3. The highest BCUT2D eigenvalue weighted by Gasteiger charge is 2.45. The average Bonchev–Trinajstić information content (AvgIpc) is 2.97. The van der Waals surface area contributed by atoms with E-state index in [2.05, 4.69) is 4.98 Å². The minimum atomic E-state index is -0.735. The molecule has 4 heteroatoms. The molecule has 0 spiro atoms. The summed E-state index contributed by atoms with van der Waals surface area (Å²) in [6, 6.07) is 3.68. The summed E-state index contributed by atoms with van der Waals surface area (Å²) in [6.45, 7) is 0. The number of carboxylic acids is 1. The van der Waals surface area contributed by atoms with E-state index in [1.54, 1.807) is 19.4 Å². The molecular formula is C10H11NO3. The Kier molecular flexibility index (Phi) is 2.11. The maximum atomic E-state index is 10.7. The second-order valence-corrected chi connectivity index (χ2v) is 3.39. The molecule has 1 aromatic heterocycles. The van der Waals surface area contributed by atoms with Crippen LogP contribution in [-0.2, 0) is 4.79 Å². The van der Waals surface area contributed by atoms with Crippen LogP contribution in [0.4, 0.5) is 0 Å². The third-order valence-electron chi connectivity index (χ3n) is 2.50. The van der Waals surface area contributed by atoms with E-state index in [-0.39, 0.29) is 11.8 Å². The maximum Gasteiger partial charge on any atom is 0.307 e. The van der Waals surface area contributed by atoms with Gasteiger partial charge in [-0.05, 0) is 12.5 Å². The second kappa shape index (κ2) is 3.29. The van der Waals surface area contributed by atoms with Gasteiger partial charge >= 0.3 is 5.97 Å². The molecule has 0 aromatic carbocycles. The van der Waals surface area contributed by atoms with Crippen LogP contribution in [0, 0.1) is 5.92 Å². The van der Waals surface area contributed by atoms with Gasteiger partial charge in [0.05, 0.1) is 13.0 Å². The van der Waals surface area contributed by atoms with Crippen molar-refractivity contribution in [1.29, 1.82) is 0 Å². The molecule has 0 amide bonds. The van der Waals surface area contributed by atoms with E-state index in [1.165, 1.54) is 0 Å². The zero-order valence-corrected chi connectivity index (χ0v) is 7.80. The molecule has 1 heterocycles. The van der Waals surface area contributed by atoms with Crippen LogP contribution in [0.2, 0.25) is 0 Å². The number of aliphatic carboxylic acids is 1. The third-order valence-corrected chi connectivity index (χ3v) is 2.50. The average molecular weight is 193 g/mol. The molecule has 2 rings (SSSR count). The van der Waals surface area contributed by atoms with E-state index in [9.17, 15) is 4.79 Å². The summed E-state index contributed by atoms with van der Waals surface area (Å²) < 4.78 is 5.07. The Morgan fingerprint density at radius 2 is 2.50 bits per heavy atom. The first-order valence-corrected chi connectivity index (χ1v) is 4.45. The molecular weight excluding hydrogens is 182 g/mol. The largest absolute Gasteiger partial charge is 0.481 e. The van der Waals surface area contributed by atoms with Crippen molar-refractivity contribution in [2.24, 2.45) is 5.92 Å². The lowest BCUT2D eigenvalue weighted by Gasteiger charge is -2.04. The van der Waals surface area contributed by atoms with Gasteiger partial charge < -0.3 is 9.84 Å². The summed E-state index contributed by atoms with van der Waals surface area (Å²) in [7, 11) is 1.55. The summed E-state index contributed by atoms with van der Waals surface area (Å²) in [5, 5.41) is 8.79. The molecule has 1 aromatic rings. The van der Waals surface area contributed by atoms with Crippen molar-refractivity contribution in [3.8, 4) is 5.88 Å². The normalized spacial score (nSPS) is 24.4. The Hall–Kier alpha value is -1.58. The van der Waals surface area contributed by atoms with E-state index < -0.39 is 5.97 Å². The van der Waals surface area contributed by atoms with Crippen molar-refractivity contribution in [1.82, 2.24) is 4.98 Å². The van der Waals surface area contributed by atoms with Crippen LogP contribution >= 0.6 is 0 Å². The van der Waals surface area contributed by atoms with Crippen LogP contribution in [-0.4, -0.2) is 23.2 Å². The number of nitrogens with zero attached hydrogens (tertiary/aromatic N) is 1. The van der Waals surface area contributed by atoms with Crippen LogP contribution in [0.3, 0.4) is 0 Å². The Labute approximate surface area is 81.5 Å². The Bertz CT molecular complexity index is 364. The highest BCUT2D eigenvalue weighted by atomic mass is 16.5. The zero-order chi connectivity index (χ0) is 10.1. The van der Waals surface area contributed by atoms with Gasteiger partial charge in [0, 0.05) is 17.7 Å². The Balaban J connectivity index is 2.22. The van der Waals surface area contributed by atoms with Gasteiger partial charge in [0.1, 0.15) is 0 Å². The number of aromatic nitrogens is 1. The first-order valence-electron chi connectivity index (χ1n) is 4.45. The summed E-state index contributed by atoms with van der Waals surface area (Å²) in [6.07, 6.45) is 2.33. The van der Waals surface area contributed by atoms with E-state index >= 15 is 0 Å². The lowest BCUT2D eigenvalue weighted by atomic mass is 10.1. The Morgan fingerprint density at radius 3 is 3.07 bits per heavy atom. The van der Waals surface area contributed by atoms with Crippen LogP contribution in [0.5, 0.6) is 5.88 Å². The van der Waals surface area contributed by atoms with Crippen molar-refractivity contribution in [2.45, 2.75) is 12.3 Å². The first kappa shape index (κ1) is 8.99. The number of carboxylic acid groups (broad SMARTS) is 1. The van der Waals surface area contributed by atoms with Gasteiger partial charge in [-0.3, -0.25) is 4.79 Å². The van der Waals surface area contributed by atoms with Gasteiger partial charge in [-0.25, -0.2) is 4.98 Å². The zero-order valence-electron chi connectivity index (χ0n) is 7.80. The van der Waals surface area contributed by atoms with Crippen molar-refractivity contribution < 1.29 is 14.6 Å². The fourth-order valence-electron chi connectivity index (χ4n) is 1.67. The van der Waals surface area contributed by atoms with Gasteiger partial charge in [-0.15, -0.1) is 0 Å². The van der Waals surface area contributed by atoms with Crippen LogP contribution in [0.1, 0.15) is 17.9 Å². The smallest absolute Gasteiger partial charge is 0.307 e. The van der Waals surface area contributed by atoms with Gasteiger partial charge in [0.2, 0.25) is 5.88 Å². The number of rotatable bonds is 3. The monoisotopic (exact) mass is 193 g/mol. The number of methoxy groups -OCH3 is 1. The molecule has 1 aliphatic rings. The number of carbonyl (C=O) groups is 1. The topological polar surface area (TPSA) is 59.4 Å². The minimum Gasteiger partial charge on any atom is -0.481 e. The predicted octanol–water partition coefficient (Wildman–Crippen LogP) is 1.28. The molecule has 4 nitrogen and oxygen atoms in total. The third kappa shape index (κ3) is 1.43. The standard InChI is InChI=1S/C10H11NO3/c1-14-9-6(3-2-4-11-9)7-5-8(7)10(12)13/h2-4,7-8H,5H2,1H3,(H,12,13). The van der Waals surface area contributed by atoms with Gasteiger partial charge in [-0.1, -0.05) is 6.07 Å². The van der Waals surface area contributed by atoms with Crippen molar-refractivity contribution >= 4 is 5.97 Å². The highest BCUT2D eigenvalue weighted by molar-refractivity contribution is 5.75. The summed E-state index contributed by atoms with van der Waals surface area (Å²) in [4.78, 5) is 14.7. The molecule has 1 aliphatic carbocycles.